The zero-order valence-electron chi connectivity index (χ0n) is 12.8. The molecule has 1 aliphatic rings. The van der Waals surface area contributed by atoms with Crippen LogP contribution >= 0.6 is 0 Å². The second-order valence-corrected chi connectivity index (χ2v) is 5.75. The lowest BCUT2D eigenvalue weighted by molar-refractivity contribution is -0.136. The smallest absolute Gasteiger partial charge is 0.251 e. The minimum absolute atomic E-state index is 0.0256. The number of nitrogens with one attached hydrogen (secondary N) is 1. The van der Waals surface area contributed by atoms with E-state index in [1.165, 1.54) is 0 Å². The Labute approximate surface area is 126 Å². The Morgan fingerprint density at radius 3 is 2.43 bits per heavy atom. The molecule has 4 heteroatoms. The fraction of sp³-hybridized carbons (Fsp3) is 0.529. The zero-order valence-corrected chi connectivity index (χ0v) is 12.8. The SMILES string of the molecule is CC[C@H](C)C(=O)N1CCC(NC(=O)c2ccccc2)CC1. The van der Waals surface area contributed by atoms with Crippen molar-refractivity contribution < 1.29 is 9.59 Å². The second-order valence-electron chi connectivity index (χ2n) is 5.75. The quantitative estimate of drug-likeness (QED) is 0.925. The van der Waals surface area contributed by atoms with E-state index in [1.807, 2.05) is 49.1 Å². The van der Waals surface area contributed by atoms with Crippen molar-refractivity contribution >= 4 is 11.8 Å². The van der Waals surface area contributed by atoms with Crippen LogP contribution in [0.5, 0.6) is 0 Å². The van der Waals surface area contributed by atoms with Gasteiger partial charge in [0.2, 0.25) is 5.91 Å². The molecule has 0 aromatic heterocycles. The first kappa shape index (κ1) is 15.5. The molecule has 0 saturated carbocycles. The first-order valence-electron chi connectivity index (χ1n) is 7.76. The molecule has 4 nitrogen and oxygen atoms in total. The van der Waals surface area contributed by atoms with Crippen LogP contribution in [0.2, 0.25) is 0 Å². The van der Waals surface area contributed by atoms with Gasteiger partial charge < -0.3 is 10.2 Å². The zero-order chi connectivity index (χ0) is 15.2. The summed E-state index contributed by atoms with van der Waals surface area (Å²) in [4.78, 5) is 26.1. The molecule has 2 amide bonds. The van der Waals surface area contributed by atoms with Gasteiger partial charge in [0.05, 0.1) is 0 Å². The van der Waals surface area contributed by atoms with Crippen LogP contribution in [-0.2, 0) is 4.79 Å². The van der Waals surface area contributed by atoms with Gasteiger partial charge >= 0.3 is 0 Å². The summed E-state index contributed by atoms with van der Waals surface area (Å²) in [5.74, 6) is 0.313. The molecule has 0 bridgehead atoms. The number of hydrogen-bond donors (Lipinski definition) is 1. The Hall–Kier alpha value is -1.84. The maximum Gasteiger partial charge on any atom is 0.251 e. The molecular formula is C17H24N2O2. The molecule has 2 rings (SSSR count). The fourth-order valence-electron chi connectivity index (χ4n) is 2.59. The van der Waals surface area contributed by atoms with Gasteiger partial charge in [-0.1, -0.05) is 32.0 Å². The average molecular weight is 288 g/mol. The van der Waals surface area contributed by atoms with Gasteiger partial charge in [0, 0.05) is 30.6 Å². The van der Waals surface area contributed by atoms with Crippen LogP contribution in [0.4, 0.5) is 0 Å². The predicted molar refractivity (Wildman–Crippen MR) is 83.0 cm³/mol. The Balaban J connectivity index is 1.82. The van der Waals surface area contributed by atoms with E-state index in [1.54, 1.807) is 0 Å². The molecule has 1 atom stereocenters. The van der Waals surface area contributed by atoms with Gasteiger partial charge in [0.1, 0.15) is 0 Å². The van der Waals surface area contributed by atoms with Crippen molar-refractivity contribution in [2.75, 3.05) is 13.1 Å². The van der Waals surface area contributed by atoms with Gasteiger partial charge in [-0.2, -0.15) is 0 Å². The van der Waals surface area contributed by atoms with Gasteiger partial charge in [-0.05, 0) is 31.4 Å². The Bertz CT molecular complexity index is 479. The summed E-state index contributed by atoms with van der Waals surface area (Å²) in [6, 6.07) is 9.42. The number of piperidine rings is 1. The van der Waals surface area contributed by atoms with E-state index < -0.39 is 0 Å². The van der Waals surface area contributed by atoms with Crippen molar-refractivity contribution in [3.8, 4) is 0 Å². The minimum atomic E-state index is -0.0256. The van der Waals surface area contributed by atoms with Crippen LogP contribution in [0.25, 0.3) is 0 Å². The van der Waals surface area contributed by atoms with E-state index in [0.717, 1.165) is 32.4 Å². The number of amides is 2. The van der Waals surface area contributed by atoms with Gasteiger partial charge in [0.15, 0.2) is 0 Å². The number of nitrogens with zero attached hydrogens (tertiary/aromatic N) is 1. The number of carbonyl (C=O) groups is 2. The highest BCUT2D eigenvalue weighted by Crippen LogP contribution is 2.15. The third-order valence-electron chi connectivity index (χ3n) is 4.21. The second kappa shape index (κ2) is 7.25. The summed E-state index contributed by atoms with van der Waals surface area (Å²) in [6.07, 6.45) is 2.55. The molecule has 1 saturated heterocycles. The molecule has 1 aromatic rings. The topological polar surface area (TPSA) is 49.4 Å². The molecule has 1 fully saturated rings. The molecule has 0 unspecified atom stereocenters. The normalized spacial score (nSPS) is 17.3. The summed E-state index contributed by atoms with van der Waals surface area (Å²) >= 11 is 0. The highest BCUT2D eigenvalue weighted by molar-refractivity contribution is 5.94. The molecular weight excluding hydrogens is 264 g/mol. The standard InChI is InChI=1S/C17H24N2O2/c1-3-13(2)17(21)19-11-9-15(10-12-19)18-16(20)14-7-5-4-6-8-14/h4-8,13,15H,3,9-12H2,1-2H3,(H,18,20)/t13-/m0/s1. The highest BCUT2D eigenvalue weighted by atomic mass is 16.2. The fourth-order valence-corrected chi connectivity index (χ4v) is 2.59. The summed E-state index contributed by atoms with van der Waals surface area (Å²) in [5, 5.41) is 3.06. The number of likely N-dealkylation sites (tertiary alicyclic amines) is 1. The molecule has 1 aromatic carbocycles. The molecule has 1 N–H and O–H groups in total. The summed E-state index contributed by atoms with van der Waals surface area (Å²) in [6.45, 7) is 5.49. The Morgan fingerprint density at radius 1 is 1.24 bits per heavy atom. The monoisotopic (exact) mass is 288 g/mol. The Morgan fingerprint density at radius 2 is 1.86 bits per heavy atom. The van der Waals surface area contributed by atoms with Crippen LogP contribution in [0.1, 0.15) is 43.5 Å². The lowest BCUT2D eigenvalue weighted by Gasteiger charge is -2.33. The van der Waals surface area contributed by atoms with Gasteiger partial charge in [-0.25, -0.2) is 0 Å². The maximum atomic E-state index is 12.1. The number of hydrogen-bond acceptors (Lipinski definition) is 2. The third-order valence-corrected chi connectivity index (χ3v) is 4.21. The van der Waals surface area contributed by atoms with Crippen molar-refractivity contribution in [2.24, 2.45) is 5.92 Å². The number of benzene rings is 1. The molecule has 0 spiro atoms. The number of carbonyl (C=O) groups excluding carboxylic acids is 2. The van der Waals surface area contributed by atoms with Crippen molar-refractivity contribution in [3.63, 3.8) is 0 Å². The minimum Gasteiger partial charge on any atom is -0.349 e. The summed E-state index contributed by atoms with van der Waals surface area (Å²) in [5.41, 5.74) is 0.690. The lowest BCUT2D eigenvalue weighted by Crippen LogP contribution is -2.47. The first-order chi connectivity index (χ1) is 10.1. The van der Waals surface area contributed by atoms with Crippen LogP contribution in [0, 0.1) is 5.92 Å². The molecule has 0 aliphatic carbocycles. The van der Waals surface area contributed by atoms with E-state index in [4.69, 9.17) is 0 Å². The first-order valence-corrected chi connectivity index (χ1v) is 7.76. The van der Waals surface area contributed by atoms with Gasteiger partial charge in [-0.15, -0.1) is 0 Å². The predicted octanol–water partition coefficient (Wildman–Crippen LogP) is 2.45. The van der Waals surface area contributed by atoms with Crippen LogP contribution in [0.15, 0.2) is 30.3 Å². The highest BCUT2D eigenvalue weighted by Gasteiger charge is 2.26. The van der Waals surface area contributed by atoms with Crippen LogP contribution in [0.3, 0.4) is 0 Å². The molecule has 1 heterocycles. The van der Waals surface area contributed by atoms with Crippen molar-refractivity contribution in [1.29, 1.82) is 0 Å². The molecule has 21 heavy (non-hydrogen) atoms. The largest absolute Gasteiger partial charge is 0.349 e. The summed E-state index contributed by atoms with van der Waals surface area (Å²) in [7, 11) is 0. The van der Waals surface area contributed by atoms with Gasteiger partial charge in [0.25, 0.3) is 5.91 Å². The molecule has 1 aliphatic heterocycles. The maximum absolute atomic E-state index is 12.1. The van der Waals surface area contributed by atoms with Crippen molar-refractivity contribution in [3.05, 3.63) is 35.9 Å². The van der Waals surface area contributed by atoms with E-state index in [0.29, 0.717) is 5.56 Å². The van der Waals surface area contributed by atoms with E-state index in [9.17, 15) is 9.59 Å². The third kappa shape index (κ3) is 4.06. The lowest BCUT2D eigenvalue weighted by atomic mass is 10.0. The van der Waals surface area contributed by atoms with Gasteiger partial charge in [-0.3, -0.25) is 9.59 Å². The Kier molecular flexibility index (Phi) is 5.37. The van der Waals surface area contributed by atoms with Crippen molar-refractivity contribution in [1.82, 2.24) is 10.2 Å². The van der Waals surface area contributed by atoms with E-state index >= 15 is 0 Å². The van der Waals surface area contributed by atoms with E-state index in [-0.39, 0.29) is 23.8 Å². The molecule has 114 valence electrons. The molecule has 0 radical (unpaired) electrons. The van der Waals surface area contributed by atoms with E-state index in [2.05, 4.69) is 5.32 Å². The van der Waals surface area contributed by atoms with Crippen molar-refractivity contribution in [2.45, 2.75) is 39.2 Å². The average Bonchev–Trinajstić information content (AvgIpc) is 2.55. The number of rotatable bonds is 4. The van der Waals surface area contributed by atoms with Crippen LogP contribution in [-0.4, -0.2) is 35.8 Å². The summed E-state index contributed by atoms with van der Waals surface area (Å²) < 4.78 is 0. The van der Waals surface area contributed by atoms with Crippen LogP contribution < -0.4 is 5.32 Å².